The van der Waals surface area contributed by atoms with Crippen molar-refractivity contribution >= 4 is 5.91 Å². The summed E-state index contributed by atoms with van der Waals surface area (Å²) in [5.74, 6) is 0.633. The highest BCUT2D eigenvalue weighted by molar-refractivity contribution is 5.93. The van der Waals surface area contributed by atoms with Crippen LogP contribution in [-0.2, 0) is 6.54 Å². The molecule has 2 aromatic heterocycles. The molecule has 0 aliphatic carbocycles. The number of amides is 1. The molecule has 0 fully saturated rings. The Bertz CT molecular complexity index is 475. The van der Waals surface area contributed by atoms with E-state index in [1.165, 1.54) is 6.20 Å². The first-order valence-corrected chi connectivity index (χ1v) is 4.83. The summed E-state index contributed by atoms with van der Waals surface area (Å²) >= 11 is 0. The molecular formula is C10H12N4O2. The summed E-state index contributed by atoms with van der Waals surface area (Å²) in [7, 11) is 1.71. The Labute approximate surface area is 92.2 Å². The predicted molar refractivity (Wildman–Crippen MR) is 55.6 cm³/mol. The fourth-order valence-corrected chi connectivity index (χ4v) is 1.40. The van der Waals surface area contributed by atoms with Gasteiger partial charge in [-0.3, -0.25) is 9.89 Å². The molecular weight excluding hydrogens is 208 g/mol. The van der Waals surface area contributed by atoms with E-state index in [9.17, 15) is 4.79 Å². The summed E-state index contributed by atoms with van der Waals surface area (Å²) in [6.45, 7) is 2.23. The standard InChI is InChI=1S/C10H12N4O2/c1-7-3-9(13-16-7)6-14(2)10(15)8-4-11-12-5-8/h3-5H,6H2,1-2H3,(H,11,12). The van der Waals surface area contributed by atoms with E-state index in [4.69, 9.17) is 4.52 Å². The Morgan fingerprint density at radius 1 is 1.62 bits per heavy atom. The Hall–Kier alpha value is -2.11. The van der Waals surface area contributed by atoms with Crippen molar-refractivity contribution in [3.05, 3.63) is 35.5 Å². The van der Waals surface area contributed by atoms with E-state index in [1.807, 2.05) is 6.92 Å². The summed E-state index contributed by atoms with van der Waals surface area (Å²) in [6, 6.07) is 1.80. The van der Waals surface area contributed by atoms with E-state index in [2.05, 4.69) is 15.4 Å². The number of carbonyl (C=O) groups is 1. The van der Waals surface area contributed by atoms with Crippen LogP contribution in [0.4, 0.5) is 0 Å². The molecule has 2 heterocycles. The lowest BCUT2D eigenvalue weighted by Gasteiger charge is -2.13. The Kier molecular flexibility index (Phi) is 2.72. The maximum absolute atomic E-state index is 11.8. The topological polar surface area (TPSA) is 75.0 Å². The SMILES string of the molecule is Cc1cc(CN(C)C(=O)c2cn[nH]c2)no1. The average Bonchev–Trinajstić information content (AvgIpc) is 2.88. The molecule has 2 rings (SSSR count). The van der Waals surface area contributed by atoms with Gasteiger partial charge >= 0.3 is 0 Å². The molecule has 0 bridgehead atoms. The van der Waals surface area contributed by atoms with E-state index in [0.29, 0.717) is 12.1 Å². The molecule has 0 aromatic carbocycles. The van der Waals surface area contributed by atoms with Crippen LogP contribution in [-0.4, -0.2) is 33.2 Å². The summed E-state index contributed by atoms with van der Waals surface area (Å²) < 4.78 is 4.93. The molecule has 0 aliphatic rings. The van der Waals surface area contributed by atoms with Crippen molar-refractivity contribution in [3.8, 4) is 0 Å². The number of carbonyl (C=O) groups excluding carboxylic acids is 1. The Balaban J connectivity index is 2.03. The van der Waals surface area contributed by atoms with E-state index in [-0.39, 0.29) is 5.91 Å². The van der Waals surface area contributed by atoms with Crippen molar-refractivity contribution in [3.63, 3.8) is 0 Å². The van der Waals surface area contributed by atoms with Crippen LogP contribution in [0.2, 0.25) is 0 Å². The first kappa shape index (κ1) is 10.4. The van der Waals surface area contributed by atoms with Gasteiger partial charge in [-0.1, -0.05) is 5.16 Å². The quantitative estimate of drug-likeness (QED) is 0.836. The van der Waals surface area contributed by atoms with Gasteiger partial charge in [0.05, 0.1) is 18.3 Å². The molecule has 6 nitrogen and oxygen atoms in total. The van der Waals surface area contributed by atoms with Crippen LogP contribution in [0.25, 0.3) is 0 Å². The number of rotatable bonds is 3. The monoisotopic (exact) mass is 220 g/mol. The lowest BCUT2D eigenvalue weighted by Crippen LogP contribution is -2.25. The van der Waals surface area contributed by atoms with Crippen LogP contribution in [0.3, 0.4) is 0 Å². The van der Waals surface area contributed by atoms with Crippen LogP contribution in [0, 0.1) is 6.92 Å². The van der Waals surface area contributed by atoms with Crippen molar-refractivity contribution in [1.82, 2.24) is 20.3 Å². The third-order valence-electron chi connectivity index (χ3n) is 2.17. The van der Waals surface area contributed by atoms with Gasteiger partial charge in [-0.25, -0.2) is 0 Å². The van der Waals surface area contributed by atoms with E-state index < -0.39 is 0 Å². The highest BCUT2D eigenvalue weighted by Crippen LogP contribution is 2.07. The molecule has 0 radical (unpaired) electrons. The van der Waals surface area contributed by atoms with Gasteiger partial charge in [0.25, 0.3) is 5.91 Å². The van der Waals surface area contributed by atoms with Crippen molar-refractivity contribution in [1.29, 1.82) is 0 Å². The molecule has 0 unspecified atom stereocenters. The maximum atomic E-state index is 11.8. The first-order valence-electron chi connectivity index (χ1n) is 4.83. The Morgan fingerprint density at radius 3 is 3.00 bits per heavy atom. The zero-order valence-electron chi connectivity index (χ0n) is 9.10. The predicted octanol–water partition coefficient (Wildman–Crippen LogP) is 0.978. The minimum Gasteiger partial charge on any atom is -0.361 e. The molecule has 16 heavy (non-hydrogen) atoms. The summed E-state index contributed by atoms with van der Waals surface area (Å²) in [5, 5.41) is 10.2. The van der Waals surface area contributed by atoms with Crippen LogP contribution < -0.4 is 0 Å². The van der Waals surface area contributed by atoms with Crippen molar-refractivity contribution in [2.45, 2.75) is 13.5 Å². The number of aromatic nitrogens is 3. The van der Waals surface area contributed by atoms with Gasteiger partial charge in [0, 0.05) is 19.3 Å². The summed E-state index contributed by atoms with van der Waals surface area (Å²) in [6.07, 6.45) is 3.06. The molecule has 0 atom stereocenters. The second-order valence-electron chi connectivity index (χ2n) is 3.58. The van der Waals surface area contributed by atoms with Gasteiger partial charge < -0.3 is 9.42 Å². The molecule has 0 saturated carbocycles. The minimum absolute atomic E-state index is 0.102. The molecule has 84 valence electrons. The van der Waals surface area contributed by atoms with Gasteiger partial charge in [-0.15, -0.1) is 0 Å². The largest absolute Gasteiger partial charge is 0.361 e. The molecule has 6 heteroatoms. The van der Waals surface area contributed by atoms with Gasteiger partial charge in [0.15, 0.2) is 0 Å². The maximum Gasteiger partial charge on any atom is 0.257 e. The third-order valence-corrected chi connectivity index (χ3v) is 2.17. The smallest absolute Gasteiger partial charge is 0.257 e. The zero-order chi connectivity index (χ0) is 11.5. The van der Waals surface area contributed by atoms with E-state index in [0.717, 1.165) is 11.5 Å². The van der Waals surface area contributed by atoms with Gasteiger partial charge in [0.1, 0.15) is 11.5 Å². The van der Waals surface area contributed by atoms with Crippen molar-refractivity contribution in [2.75, 3.05) is 7.05 Å². The fraction of sp³-hybridized carbons (Fsp3) is 0.300. The number of hydrogen-bond acceptors (Lipinski definition) is 4. The summed E-state index contributed by atoms with van der Waals surface area (Å²) in [5.41, 5.74) is 1.26. The molecule has 1 N–H and O–H groups in total. The van der Waals surface area contributed by atoms with Gasteiger partial charge in [-0.2, -0.15) is 5.10 Å². The third kappa shape index (κ3) is 2.10. The molecule has 0 spiro atoms. The first-order chi connectivity index (χ1) is 7.66. The van der Waals surface area contributed by atoms with Crippen LogP contribution >= 0.6 is 0 Å². The minimum atomic E-state index is -0.102. The lowest BCUT2D eigenvalue weighted by molar-refractivity contribution is 0.0782. The van der Waals surface area contributed by atoms with E-state index in [1.54, 1.807) is 24.2 Å². The number of nitrogens with one attached hydrogen (secondary N) is 1. The summed E-state index contributed by atoms with van der Waals surface area (Å²) in [4.78, 5) is 13.4. The molecule has 2 aromatic rings. The van der Waals surface area contributed by atoms with Crippen molar-refractivity contribution < 1.29 is 9.32 Å². The van der Waals surface area contributed by atoms with Crippen molar-refractivity contribution in [2.24, 2.45) is 0 Å². The normalized spacial score (nSPS) is 10.4. The highest BCUT2D eigenvalue weighted by Gasteiger charge is 2.14. The average molecular weight is 220 g/mol. The van der Waals surface area contributed by atoms with E-state index >= 15 is 0 Å². The number of hydrogen-bond donors (Lipinski definition) is 1. The lowest BCUT2D eigenvalue weighted by atomic mass is 10.3. The highest BCUT2D eigenvalue weighted by atomic mass is 16.5. The second-order valence-corrected chi connectivity index (χ2v) is 3.58. The fourth-order valence-electron chi connectivity index (χ4n) is 1.40. The van der Waals surface area contributed by atoms with Gasteiger partial charge in [-0.05, 0) is 6.92 Å². The van der Waals surface area contributed by atoms with Crippen LogP contribution in [0.5, 0.6) is 0 Å². The Morgan fingerprint density at radius 2 is 2.44 bits per heavy atom. The number of aryl methyl sites for hydroxylation is 1. The molecule has 0 saturated heterocycles. The second kappa shape index (κ2) is 4.18. The van der Waals surface area contributed by atoms with Gasteiger partial charge in [0.2, 0.25) is 0 Å². The zero-order valence-corrected chi connectivity index (χ0v) is 9.10. The van der Waals surface area contributed by atoms with Crippen LogP contribution in [0.1, 0.15) is 21.8 Å². The number of H-pyrrole nitrogens is 1. The molecule has 1 amide bonds. The number of nitrogens with zero attached hydrogens (tertiary/aromatic N) is 3. The van der Waals surface area contributed by atoms with Crippen LogP contribution in [0.15, 0.2) is 23.0 Å². The molecule has 0 aliphatic heterocycles. The number of aromatic amines is 1.